The van der Waals surface area contributed by atoms with Gasteiger partial charge in [0, 0.05) is 31.3 Å². The first-order valence-corrected chi connectivity index (χ1v) is 11.1. The first-order valence-electron chi connectivity index (χ1n) is 11.1. The number of aromatic nitrogens is 3. The molecule has 1 saturated heterocycles. The highest BCUT2D eigenvalue weighted by molar-refractivity contribution is 5.94. The maximum Gasteiger partial charge on any atom is 0.319 e. The van der Waals surface area contributed by atoms with Crippen LogP contribution >= 0.6 is 0 Å². The van der Waals surface area contributed by atoms with Gasteiger partial charge >= 0.3 is 6.01 Å². The maximum absolute atomic E-state index is 13.3. The minimum atomic E-state index is -1.19. The minimum absolute atomic E-state index is 0.135. The van der Waals surface area contributed by atoms with E-state index in [4.69, 9.17) is 14.0 Å². The van der Waals surface area contributed by atoms with E-state index in [2.05, 4.69) is 35.9 Å². The third-order valence-electron chi connectivity index (χ3n) is 6.95. The lowest BCUT2D eigenvalue weighted by Gasteiger charge is -2.38. The highest BCUT2D eigenvalue weighted by Crippen LogP contribution is 2.40. The van der Waals surface area contributed by atoms with E-state index in [0.29, 0.717) is 43.1 Å². The fourth-order valence-electron chi connectivity index (χ4n) is 4.73. The summed E-state index contributed by atoms with van der Waals surface area (Å²) in [7, 11) is 2.96. The van der Waals surface area contributed by atoms with Gasteiger partial charge in [-0.15, -0.1) is 0 Å². The van der Waals surface area contributed by atoms with Crippen molar-refractivity contribution in [3.63, 3.8) is 0 Å². The topological polar surface area (TPSA) is 111 Å². The molecule has 174 valence electrons. The van der Waals surface area contributed by atoms with Crippen molar-refractivity contribution >= 4 is 5.91 Å². The van der Waals surface area contributed by atoms with Crippen molar-refractivity contribution in [1.29, 1.82) is 0 Å². The van der Waals surface area contributed by atoms with Gasteiger partial charge in [0.15, 0.2) is 5.69 Å². The molecule has 0 spiro atoms. The van der Waals surface area contributed by atoms with Gasteiger partial charge in [-0.3, -0.25) is 4.79 Å². The number of rotatable bonds is 4. The fourth-order valence-corrected chi connectivity index (χ4v) is 4.73. The molecule has 1 N–H and O–H groups in total. The van der Waals surface area contributed by atoms with Crippen LogP contribution in [0.5, 0.6) is 11.9 Å². The highest BCUT2D eigenvalue weighted by Gasteiger charge is 2.41. The Kier molecular flexibility index (Phi) is 5.87. The van der Waals surface area contributed by atoms with E-state index in [-0.39, 0.29) is 23.2 Å². The molecule has 1 aliphatic carbocycles. The first-order chi connectivity index (χ1) is 15.2. The van der Waals surface area contributed by atoms with Crippen molar-refractivity contribution in [2.75, 3.05) is 27.3 Å². The van der Waals surface area contributed by atoms with Gasteiger partial charge < -0.3 is 24.0 Å². The molecule has 0 bridgehead atoms. The van der Waals surface area contributed by atoms with Crippen LogP contribution in [0.4, 0.5) is 0 Å². The van der Waals surface area contributed by atoms with Gasteiger partial charge in [-0.1, -0.05) is 25.9 Å². The molecule has 3 heterocycles. The van der Waals surface area contributed by atoms with Crippen LogP contribution in [0, 0.1) is 11.3 Å². The lowest BCUT2D eigenvalue weighted by Crippen LogP contribution is -2.45. The minimum Gasteiger partial charge on any atom is -0.481 e. The molecule has 32 heavy (non-hydrogen) atoms. The Morgan fingerprint density at radius 2 is 1.97 bits per heavy atom. The number of methoxy groups -OCH3 is 2. The van der Waals surface area contributed by atoms with E-state index in [0.717, 1.165) is 30.6 Å². The average Bonchev–Trinajstić information content (AvgIpc) is 3.21. The van der Waals surface area contributed by atoms with Crippen LogP contribution in [0.15, 0.2) is 10.7 Å². The summed E-state index contributed by atoms with van der Waals surface area (Å²) in [5.41, 5.74) is 0.850. The lowest BCUT2D eigenvalue weighted by atomic mass is 9.71. The summed E-state index contributed by atoms with van der Waals surface area (Å²) in [6, 6.07) is 0.172. The predicted octanol–water partition coefficient (Wildman–Crippen LogP) is 2.76. The molecule has 0 radical (unpaired) electrons. The second-order valence-corrected chi connectivity index (χ2v) is 9.84. The van der Waals surface area contributed by atoms with Crippen molar-refractivity contribution in [2.24, 2.45) is 11.3 Å². The molecule has 2 aliphatic rings. The Balaban J connectivity index is 1.49. The molecule has 0 unspecified atom stereocenters. The van der Waals surface area contributed by atoms with Gasteiger partial charge in [-0.05, 0) is 37.0 Å². The number of carbonyl (C=O) groups excluding carboxylic acids is 1. The molecule has 1 atom stereocenters. The number of hydrogen-bond acceptors (Lipinski definition) is 8. The normalized spacial score (nSPS) is 20.6. The summed E-state index contributed by atoms with van der Waals surface area (Å²) in [4.78, 5) is 23.3. The largest absolute Gasteiger partial charge is 0.481 e. The number of nitrogens with zero attached hydrogens (tertiary/aromatic N) is 4. The third kappa shape index (κ3) is 4.05. The van der Waals surface area contributed by atoms with Gasteiger partial charge in [0.2, 0.25) is 5.88 Å². The number of aliphatic hydroxyl groups is 1. The van der Waals surface area contributed by atoms with Crippen LogP contribution in [0.2, 0.25) is 0 Å². The summed E-state index contributed by atoms with van der Waals surface area (Å²) >= 11 is 0. The number of fused-ring (bicyclic) bond motifs is 1. The van der Waals surface area contributed by atoms with E-state index >= 15 is 0 Å². The van der Waals surface area contributed by atoms with Crippen LogP contribution in [0.3, 0.4) is 0 Å². The molecular formula is C23H32N4O5. The molecule has 9 nitrogen and oxygen atoms in total. The predicted molar refractivity (Wildman–Crippen MR) is 116 cm³/mol. The molecule has 0 saturated carbocycles. The molecular weight excluding hydrogens is 412 g/mol. The second kappa shape index (κ2) is 8.35. The van der Waals surface area contributed by atoms with Crippen LogP contribution in [-0.2, 0) is 18.4 Å². The number of aryl methyl sites for hydroxylation is 1. The maximum atomic E-state index is 13.3. The van der Waals surface area contributed by atoms with Crippen LogP contribution < -0.4 is 9.47 Å². The third-order valence-corrected chi connectivity index (χ3v) is 6.95. The van der Waals surface area contributed by atoms with Crippen molar-refractivity contribution in [1.82, 2.24) is 20.0 Å². The zero-order valence-corrected chi connectivity index (χ0v) is 19.5. The number of hydrogen-bond donors (Lipinski definition) is 1. The molecule has 2 aromatic rings. The number of piperidine rings is 1. The van der Waals surface area contributed by atoms with Gasteiger partial charge in [-0.25, -0.2) is 4.98 Å². The van der Waals surface area contributed by atoms with Gasteiger partial charge in [0.1, 0.15) is 5.76 Å². The smallest absolute Gasteiger partial charge is 0.319 e. The molecule has 2 aromatic heterocycles. The molecule has 9 heteroatoms. The Labute approximate surface area is 188 Å². The van der Waals surface area contributed by atoms with Gasteiger partial charge in [0.25, 0.3) is 5.91 Å². The van der Waals surface area contributed by atoms with Crippen molar-refractivity contribution in [3.05, 3.63) is 28.8 Å². The number of carbonyl (C=O) groups is 1. The Hall–Kier alpha value is -2.68. The Morgan fingerprint density at radius 1 is 1.25 bits per heavy atom. The number of likely N-dealkylation sites (tertiary alicyclic amines) is 1. The SMILES string of the molecule is COc1ncc(C2(O)CCN(C(=O)c3noc4c3C[C@@H](C(C)(C)C)CC4)CC2)c(OC)n1. The average molecular weight is 445 g/mol. The van der Waals surface area contributed by atoms with E-state index in [9.17, 15) is 9.90 Å². The van der Waals surface area contributed by atoms with Crippen LogP contribution in [-0.4, -0.2) is 58.3 Å². The Bertz CT molecular complexity index is 989. The van der Waals surface area contributed by atoms with E-state index in [1.54, 1.807) is 4.90 Å². The second-order valence-electron chi connectivity index (χ2n) is 9.84. The summed E-state index contributed by atoms with van der Waals surface area (Å²) in [5, 5.41) is 15.4. The van der Waals surface area contributed by atoms with Crippen LogP contribution in [0.1, 0.15) is 67.4 Å². The monoisotopic (exact) mass is 444 g/mol. The fraction of sp³-hybridized carbons (Fsp3) is 0.652. The van der Waals surface area contributed by atoms with Crippen LogP contribution in [0.25, 0.3) is 0 Å². The molecule has 4 rings (SSSR count). The standard InChI is InChI=1S/C23H32N4O5/c1-22(2,3)14-6-7-17-15(12-14)18(26-32-17)20(28)27-10-8-23(29,9-11-27)16-13-24-21(31-5)25-19(16)30-4/h13-14,29H,6-12H2,1-5H3/t14-/m0/s1. The van der Waals surface area contributed by atoms with E-state index < -0.39 is 5.60 Å². The number of amides is 1. The van der Waals surface area contributed by atoms with Crippen molar-refractivity contribution < 1.29 is 23.9 Å². The molecule has 0 aromatic carbocycles. The van der Waals surface area contributed by atoms with Crippen molar-refractivity contribution in [2.45, 2.75) is 58.5 Å². The lowest BCUT2D eigenvalue weighted by molar-refractivity contribution is -0.0235. The molecule has 1 fully saturated rings. The molecule has 1 aliphatic heterocycles. The van der Waals surface area contributed by atoms with Crippen molar-refractivity contribution in [3.8, 4) is 11.9 Å². The van der Waals surface area contributed by atoms with E-state index in [1.807, 2.05) is 0 Å². The summed E-state index contributed by atoms with van der Waals surface area (Å²) in [6.45, 7) is 7.48. The molecule has 1 amide bonds. The zero-order valence-electron chi connectivity index (χ0n) is 19.5. The van der Waals surface area contributed by atoms with Gasteiger partial charge in [-0.2, -0.15) is 4.98 Å². The quantitative estimate of drug-likeness (QED) is 0.766. The Morgan fingerprint density at radius 3 is 2.59 bits per heavy atom. The zero-order chi connectivity index (χ0) is 23.1. The number of ether oxygens (including phenoxy) is 2. The highest BCUT2D eigenvalue weighted by atomic mass is 16.5. The summed E-state index contributed by atoms with van der Waals surface area (Å²) in [6.07, 6.45) is 4.88. The summed E-state index contributed by atoms with van der Waals surface area (Å²) < 4.78 is 15.9. The summed E-state index contributed by atoms with van der Waals surface area (Å²) in [5.74, 6) is 1.46. The van der Waals surface area contributed by atoms with Gasteiger partial charge in [0.05, 0.1) is 25.4 Å². The first kappa shape index (κ1) is 22.5. The van der Waals surface area contributed by atoms with E-state index in [1.165, 1.54) is 20.4 Å².